The molecule has 24 heavy (non-hydrogen) atoms. The van der Waals surface area contributed by atoms with E-state index < -0.39 is 34.4 Å². The van der Waals surface area contributed by atoms with Gasteiger partial charge in [0.1, 0.15) is 6.54 Å². The summed E-state index contributed by atoms with van der Waals surface area (Å²) >= 11 is 0. The maximum absolute atomic E-state index is 12.2. The Kier molecular flexibility index (Phi) is 3.88. The number of benzene rings is 1. The van der Waals surface area contributed by atoms with Crippen LogP contribution < -0.4 is 0 Å². The smallest absolute Gasteiger partial charge is 0.331 e. The van der Waals surface area contributed by atoms with Gasteiger partial charge in [-0.25, -0.2) is 13.2 Å². The summed E-state index contributed by atoms with van der Waals surface area (Å²) in [5.41, 5.74) is 0.253. The van der Waals surface area contributed by atoms with E-state index in [1.165, 1.54) is 25.4 Å². The van der Waals surface area contributed by atoms with Gasteiger partial charge in [-0.05, 0) is 12.1 Å². The van der Waals surface area contributed by atoms with Crippen molar-refractivity contribution in [2.45, 2.75) is 17.7 Å². The number of nitrogens with zero attached hydrogens (tertiary/aromatic N) is 2. The molecule has 1 aromatic rings. The average Bonchev–Trinajstić information content (AvgIpc) is 2.85. The van der Waals surface area contributed by atoms with Crippen molar-refractivity contribution >= 4 is 33.6 Å². The maximum atomic E-state index is 12.2. The molecule has 3 rings (SSSR count). The Balaban J connectivity index is 1.84. The van der Waals surface area contributed by atoms with Crippen molar-refractivity contribution in [3.63, 3.8) is 0 Å². The molecule has 0 spiro atoms. The van der Waals surface area contributed by atoms with Crippen molar-refractivity contribution in [3.8, 4) is 0 Å². The van der Waals surface area contributed by atoms with Gasteiger partial charge in [-0.3, -0.25) is 18.8 Å². The largest absolute Gasteiger partial charge is 0.423 e. The first kappa shape index (κ1) is 16.2. The number of likely N-dealkylation sites (tertiary alicyclic amines) is 1. The number of ether oxygens (including phenoxy) is 1. The van der Waals surface area contributed by atoms with Crippen LogP contribution >= 0.6 is 0 Å². The molecule has 1 aromatic carbocycles. The molecule has 1 saturated heterocycles. The Morgan fingerprint density at radius 3 is 2.46 bits per heavy atom. The van der Waals surface area contributed by atoms with Gasteiger partial charge in [0.15, 0.2) is 5.76 Å². The molecule has 0 unspecified atom stereocenters. The van der Waals surface area contributed by atoms with Gasteiger partial charge >= 0.3 is 5.97 Å². The zero-order chi connectivity index (χ0) is 17.5. The molecule has 2 aliphatic rings. The van der Waals surface area contributed by atoms with Gasteiger partial charge in [0.2, 0.25) is 11.8 Å². The van der Waals surface area contributed by atoms with Crippen LogP contribution in [0.1, 0.15) is 18.4 Å². The monoisotopic (exact) mass is 350 g/mol. The van der Waals surface area contributed by atoms with Crippen LogP contribution in [-0.4, -0.2) is 49.0 Å². The standard InChI is InChI=1S/C15H14N2O6S/c1-16-8-11(10-4-2-3-5-12(10)24(16,21)22)23-15(20)9-17-13(18)6-7-14(17)19/h2-5,8H,6-7,9H2,1H3. The van der Waals surface area contributed by atoms with Crippen molar-refractivity contribution in [2.24, 2.45) is 0 Å². The molecule has 0 aliphatic carbocycles. The number of carbonyl (C=O) groups excluding carboxylic acids is 3. The molecule has 0 bridgehead atoms. The van der Waals surface area contributed by atoms with E-state index in [-0.39, 0.29) is 29.1 Å². The predicted octanol–water partition coefficient (Wildman–Crippen LogP) is 0.311. The van der Waals surface area contributed by atoms with Gasteiger partial charge in [-0.2, -0.15) is 0 Å². The lowest BCUT2D eigenvalue weighted by Crippen LogP contribution is -2.35. The Morgan fingerprint density at radius 2 is 1.79 bits per heavy atom. The topological polar surface area (TPSA) is 101 Å². The minimum atomic E-state index is -3.68. The number of fused-ring (bicyclic) bond motifs is 1. The van der Waals surface area contributed by atoms with E-state index in [9.17, 15) is 22.8 Å². The summed E-state index contributed by atoms with van der Waals surface area (Å²) in [6, 6.07) is 6.12. The molecule has 9 heteroatoms. The summed E-state index contributed by atoms with van der Waals surface area (Å²) in [6.45, 7) is -0.492. The minimum Gasteiger partial charge on any atom is -0.423 e. The fourth-order valence-corrected chi connectivity index (χ4v) is 3.76. The molecule has 126 valence electrons. The summed E-state index contributed by atoms with van der Waals surface area (Å²) < 4.78 is 30.6. The van der Waals surface area contributed by atoms with Gasteiger partial charge in [0, 0.05) is 25.5 Å². The highest BCUT2D eigenvalue weighted by Gasteiger charge is 2.33. The number of esters is 1. The zero-order valence-corrected chi connectivity index (χ0v) is 13.6. The Bertz CT molecular complexity index is 858. The van der Waals surface area contributed by atoms with Crippen LogP contribution in [0.25, 0.3) is 5.76 Å². The van der Waals surface area contributed by atoms with Crippen LogP contribution in [0.4, 0.5) is 0 Å². The third-order valence-electron chi connectivity index (χ3n) is 3.77. The normalized spacial score (nSPS) is 19.1. The summed E-state index contributed by atoms with van der Waals surface area (Å²) in [5.74, 6) is -1.61. The molecule has 0 atom stereocenters. The molecule has 0 N–H and O–H groups in total. The molecular formula is C15H14N2O6S. The second-order valence-electron chi connectivity index (χ2n) is 5.36. The SMILES string of the molecule is CN1C=C(OC(=O)CN2C(=O)CCC2=O)c2ccccc2S1(=O)=O. The number of imide groups is 1. The highest BCUT2D eigenvalue weighted by Crippen LogP contribution is 2.32. The zero-order valence-electron chi connectivity index (χ0n) is 12.8. The van der Waals surface area contributed by atoms with Gasteiger partial charge in [0.25, 0.3) is 10.0 Å². The second-order valence-corrected chi connectivity index (χ2v) is 7.32. The molecule has 8 nitrogen and oxygen atoms in total. The lowest BCUT2D eigenvalue weighted by atomic mass is 10.2. The molecule has 0 aromatic heterocycles. The minimum absolute atomic E-state index is 0.0196. The number of sulfonamides is 1. The van der Waals surface area contributed by atoms with Gasteiger partial charge in [-0.1, -0.05) is 12.1 Å². The molecule has 2 amide bonds. The summed E-state index contributed by atoms with van der Waals surface area (Å²) in [5, 5.41) is 0. The van der Waals surface area contributed by atoms with Crippen molar-refractivity contribution in [3.05, 3.63) is 36.0 Å². The van der Waals surface area contributed by atoms with Gasteiger partial charge in [-0.15, -0.1) is 0 Å². The lowest BCUT2D eigenvalue weighted by Gasteiger charge is -2.25. The van der Waals surface area contributed by atoms with Gasteiger partial charge in [0.05, 0.1) is 11.1 Å². The van der Waals surface area contributed by atoms with E-state index in [2.05, 4.69) is 0 Å². The molecule has 1 fully saturated rings. The van der Waals surface area contributed by atoms with E-state index in [1.54, 1.807) is 12.1 Å². The molecule has 0 saturated carbocycles. The molecule has 2 heterocycles. The van der Waals surface area contributed by atoms with Crippen molar-refractivity contribution in [1.29, 1.82) is 0 Å². The number of amides is 2. The molecule has 2 aliphatic heterocycles. The van der Waals surface area contributed by atoms with Crippen molar-refractivity contribution < 1.29 is 27.5 Å². The Labute approximate surface area is 138 Å². The van der Waals surface area contributed by atoms with Crippen LogP contribution in [0.2, 0.25) is 0 Å². The first-order chi connectivity index (χ1) is 11.3. The van der Waals surface area contributed by atoms with Crippen LogP contribution in [0, 0.1) is 0 Å². The number of hydrogen-bond acceptors (Lipinski definition) is 6. The molecular weight excluding hydrogens is 336 g/mol. The maximum Gasteiger partial charge on any atom is 0.331 e. The predicted molar refractivity (Wildman–Crippen MR) is 81.4 cm³/mol. The van der Waals surface area contributed by atoms with Crippen molar-refractivity contribution in [2.75, 3.05) is 13.6 Å². The third kappa shape index (κ3) is 2.67. The van der Waals surface area contributed by atoms with E-state index in [0.717, 1.165) is 9.21 Å². The lowest BCUT2D eigenvalue weighted by molar-refractivity contribution is -0.148. The van der Waals surface area contributed by atoms with E-state index >= 15 is 0 Å². The first-order valence-corrected chi connectivity index (χ1v) is 8.58. The molecule has 0 radical (unpaired) electrons. The van der Waals surface area contributed by atoms with Crippen LogP contribution in [0.15, 0.2) is 35.4 Å². The Morgan fingerprint density at radius 1 is 1.17 bits per heavy atom. The summed E-state index contributed by atoms with van der Waals surface area (Å²) in [6.07, 6.45) is 1.35. The highest BCUT2D eigenvalue weighted by atomic mass is 32.2. The summed E-state index contributed by atoms with van der Waals surface area (Å²) in [7, 11) is -2.36. The van der Waals surface area contributed by atoms with E-state index in [4.69, 9.17) is 4.74 Å². The van der Waals surface area contributed by atoms with E-state index in [1.807, 2.05) is 0 Å². The number of rotatable bonds is 3. The Hall–Kier alpha value is -2.68. The highest BCUT2D eigenvalue weighted by molar-refractivity contribution is 7.89. The fraction of sp³-hybridized carbons (Fsp3) is 0.267. The number of hydrogen-bond donors (Lipinski definition) is 0. The van der Waals surface area contributed by atoms with E-state index in [0.29, 0.717) is 0 Å². The average molecular weight is 350 g/mol. The second kappa shape index (κ2) is 5.75. The third-order valence-corrected chi connectivity index (χ3v) is 5.55. The van der Waals surface area contributed by atoms with Crippen LogP contribution in [0.5, 0.6) is 0 Å². The van der Waals surface area contributed by atoms with Gasteiger partial charge < -0.3 is 4.74 Å². The van der Waals surface area contributed by atoms with Crippen LogP contribution in [0.3, 0.4) is 0 Å². The quantitative estimate of drug-likeness (QED) is 0.574. The first-order valence-electron chi connectivity index (χ1n) is 7.14. The summed E-state index contributed by atoms with van der Waals surface area (Å²) in [4.78, 5) is 36.0. The fourth-order valence-electron chi connectivity index (χ4n) is 2.52. The van der Waals surface area contributed by atoms with Crippen LogP contribution in [-0.2, 0) is 29.1 Å². The van der Waals surface area contributed by atoms with Crippen molar-refractivity contribution in [1.82, 2.24) is 9.21 Å². The number of carbonyl (C=O) groups is 3.